The van der Waals surface area contributed by atoms with Gasteiger partial charge in [0.25, 0.3) is 0 Å². The lowest BCUT2D eigenvalue weighted by atomic mass is 10.2. The second-order valence-corrected chi connectivity index (χ2v) is 5.39. The molecule has 0 radical (unpaired) electrons. The monoisotopic (exact) mass is 288 g/mol. The third-order valence-electron chi connectivity index (χ3n) is 3.09. The van der Waals surface area contributed by atoms with E-state index in [1.165, 1.54) is 4.90 Å². The van der Waals surface area contributed by atoms with Crippen LogP contribution < -0.4 is 0 Å². The van der Waals surface area contributed by atoms with Crippen molar-refractivity contribution in [2.45, 2.75) is 40.2 Å². The van der Waals surface area contributed by atoms with Gasteiger partial charge in [-0.2, -0.15) is 0 Å². The van der Waals surface area contributed by atoms with Crippen molar-refractivity contribution in [3.63, 3.8) is 0 Å². The van der Waals surface area contributed by atoms with E-state index in [0.29, 0.717) is 19.7 Å². The van der Waals surface area contributed by atoms with Crippen molar-refractivity contribution in [2.24, 2.45) is 5.92 Å². The van der Waals surface area contributed by atoms with Crippen molar-refractivity contribution < 1.29 is 19.4 Å². The molecule has 0 heterocycles. The summed E-state index contributed by atoms with van der Waals surface area (Å²) in [6.45, 7) is 8.97. The number of carboxylic acid groups (broad SMARTS) is 1. The Kier molecular flexibility index (Phi) is 8.96. The smallest absolute Gasteiger partial charge is 0.323 e. The van der Waals surface area contributed by atoms with E-state index in [2.05, 4.69) is 0 Å². The maximum absolute atomic E-state index is 12.6. The Balaban J connectivity index is 4.96. The molecule has 0 fully saturated rings. The van der Waals surface area contributed by atoms with Gasteiger partial charge in [0, 0.05) is 26.2 Å². The number of nitrogens with zero attached hydrogens (tertiary/aromatic N) is 2. The van der Waals surface area contributed by atoms with Crippen LogP contribution in [0.4, 0.5) is 4.79 Å². The predicted molar refractivity (Wildman–Crippen MR) is 77.8 cm³/mol. The summed E-state index contributed by atoms with van der Waals surface area (Å²) in [5.41, 5.74) is 0. The average molecular weight is 288 g/mol. The molecule has 0 aromatic carbocycles. The minimum Gasteiger partial charge on any atom is -0.480 e. The first-order chi connectivity index (χ1) is 9.33. The Morgan fingerprint density at radius 3 is 2.25 bits per heavy atom. The molecule has 1 atom stereocenters. The van der Waals surface area contributed by atoms with Gasteiger partial charge in [-0.3, -0.25) is 4.79 Å². The predicted octanol–water partition coefficient (Wildman–Crippen LogP) is 1.90. The summed E-state index contributed by atoms with van der Waals surface area (Å²) in [5, 5.41) is 8.96. The number of rotatable bonds is 9. The van der Waals surface area contributed by atoms with Gasteiger partial charge >= 0.3 is 12.0 Å². The van der Waals surface area contributed by atoms with Crippen molar-refractivity contribution in [3.05, 3.63) is 0 Å². The molecular weight excluding hydrogens is 260 g/mol. The first kappa shape index (κ1) is 18.7. The van der Waals surface area contributed by atoms with Gasteiger partial charge in [-0.15, -0.1) is 0 Å². The quantitative estimate of drug-likeness (QED) is 0.703. The zero-order valence-corrected chi connectivity index (χ0v) is 13.3. The largest absolute Gasteiger partial charge is 0.480 e. The lowest BCUT2D eigenvalue weighted by Crippen LogP contribution is -2.50. The summed E-state index contributed by atoms with van der Waals surface area (Å²) < 4.78 is 5.03. The van der Waals surface area contributed by atoms with Crippen LogP contribution in [0.1, 0.15) is 34.1 Å². The van der Waals surface area contributed by atoms with Crippen LogP contribution in [0, 0.1) is 5.92 Å². The fraction of sp³-hybridized carbons (Fsp3) is 0.857. The lowest BCUT2D eigenvalue weighted by Gasteiger charge is -2.34. The topological polar surface area (TPSA) is 70.1 Å². The summed E-state index contributed by atoms with van der Waals surface area (Å²) in [6, 6.07) is -0.173. The molecule has 0 aliphatic rings. The third-order valence-corrected chi connectivity index (χ3v) is 3.09. The molecule has 1 unspecified atom stereocenters. The zero-order valence-electron chi connectivity index (χ0n) is 13.3. The minimum atomic E-state index is -0.991. The second kappa shape index (κ2) is 9.58. The Hall–Kier alpha value is -1.30. The number of carbonyl (C=O) groups excluding carboxylic acids is 1. The second-order valence-electron chi connectivity index (χ2n) is 5.39. The van der Waals surface area contributed by atoms with Crippen LogP contribution in [0.25, 0.3) is 0 Å². The number of urea groups is 1. The molecule has 6 nitrogen and oxygen atoms in total. The van der Waals surface area contributed by atoms with Crippen LogP contribution in [0.5, 0.6) is 0 Å². The molecule has 0 bridgehead atoms. The minimum absolute atomic E-state index is 0.0566. The highest BCUT2D eigenvalue weighted by molar-refractivity contribution is 5.80. The molecule has 118 valence electrons. The van der Waals surface area contributed by atoms with E-state index in [-0.39, 0.29) is 24.5 Å². The first-order valence-corrected chi connectivity index (χ1v) is 7.09. The van der Waals surface area contributed by atoms with E-state index in [4.69, 9.17) is 9.84 Å². The van der Waals surface area contributed by atoms with E-state index in [9.17, 15) is 9.59 Å². The van der Waals surface area contributed by atoms with Crippen molar-refractivity contribution in [3.8, 4) is 0 Å². The molecule has 2 amide bonds. The number of carboxylic acids is 1. The number of hydrogen-bond donors (Lipinski definition) is 1. The molecule has 20 heavy (non-hydrogen) atoms. The number of hydrogen-bond acceptors (Lipinski definition) is 3. The van der Waals surface area contributed by atoms with Crippen LogP contribution in [-0.4, -0.2) is 66.3 Å². The van der Waals surface area contributed by atoms with Crippen molar-refractivity contribution in [1.29, 1.82) is 0 Å². The van der Waals surface area contributed by atoms with Crippen LogP contribution in [0.15, 0.2) is 0 Å². The van der Waals surface area contributed by atoms with Crippen LogP contribution in [0.2, 0.25) is 0 Å². The molecule has 0 aromatic rings. The summed E-state index contributed by atoms with van der Waals surface area (Å²) >= 11 is 0. The van der Waals surface area contributed by atoms with E-state index in [0.717, 1.165) is 6.42 Å². The number of methoxy groups -OCH3 is 1. The van der Waals surface area contributed by atoms with Crippen molar-refractivity contribution in [2.75, 3.05) is 33.4 Å². The highest BCUT2D eigenvalue weighted by Crippen LogP contribution is 2.10. The van der Waals surface area contributed by atoms with E-state index in [1.807, 2.05) is 27.7 Å². The van der Waals surface area contributed by atoms with E-state index >= 15 is 0 Å². The molecule has 0 saturated carbocycles. The maximum Gasteiger partial charge on any atom is 0.323 e. The highest BCUT2D eigenvalue weighted by atomic mass is 16.5. The van der Waals surface area contributed by atoms with E-state index < -0.39 is 5.97 Å². The van der Waals surface area contributed by atoms with Gasteiger partial charge in [-0.25, -0.2) is 4.79 Å². The maximum atomic E-state index is 12.6. The average Bonchev–Trinajstić information content (AvgIpc) is 2.36. The van der Waals surface area contributed by atoms with Gasteiger partial charge in [0.15, 0.2) is 0 Å². The van der Waals surface area contributed by atoms with Crippen LogP contribution >= 0.6 is 0 Å². The molecule has 0 aromatic heterocycles. The molecule has 0 saturated heterocycles. The zero-order chi connectivity index (χ0) is 15.7. The summed E-state index contributed by atoms with van der Waals surface area (Å²) in [7, 11) is 1.59. The standard InChI is InChI=1S/C14H28N2O4/c1-6-12(4)16(7-8-20-5)14(19)15(9-11(2)3)10-13(17)18/h11-12H,6-10H2,1-5H3,(H,17,18). The first-order valence-electron chi connectivity index (χ1n) is 7.09. The SMILES string of the molecule is CCC(C)N(CCOC)C(=O)N(CC(=O)O)CC(C)C. The molecule has 1 N–H and O–H groups in total. The molecule has 0 aliphatic carbocycles. The fourth-order valence-electron chi connectivity index (χ4n) is 1.91. The summed E-state index contributed by atoms with van der Waals surface area (Å²) in [6.07, 6.45) is 0.818. The fourth-order valence-corrected chi connectivity index (χ4v) is 1.91. The number of carbonyl (C=O) groups is 2. The van der Waals surface area contributed by atoms with Gasteiger partial charge in [-0.1, -0.05) is 20.8 Å². The van der Waals surface area contributed by atoms with E-state index in [1.54, 1.807) is 12.0 Å². The Bertz CT molecular complexity index is 308. The molecular formula is C14H28N2O4. The van der Waals surface area contributed by atoms with Gasteiger partial charge in [0.05, 0.1) is 6.61 Å². The molecule has 0 rings (SSSR count). The van der Waals surface area contributed by atoms with Crippen LogP contribution in [0.3, 0.4) is 0 Å². The van der Waals surface area contributed by atoms with Crippen molar-refractivity contribution >= 4 is 12.0 Å². The Morgan fingerprint density at radius 2 is 1.85 bits per heavy atom. The summed E-state index contributed by atoms with van der Waals surface area (Å²) in [4.78, 5) is 26.6. The van der Waals surface area contributed by atoms with Gasteiger partial charge < -0.3 is 19.6 Å². The molecule has 6 heteroatoms. The van der Waals surface area contributed by atoms with Gasteiger partial charge in [-0.05, 0) is 19.3 Å². The summed E-state index contributed by atoms with van der Waals surface area (Å²) in [5.74, 6) is -0.769. The normalized spacial score (nSPS) is 12.3. The van der Waals surface area contributed by atoms with Crippen molar-refractivity contribution in [1.82, 2.24) is 9.80 Å². The van der Waals surface area contributed by atoms with Gasteiger partial charge in [0.1, 0.15) is 6.54 Å². The highest BCUT2D eigenvalue weighted by Gasteiger charge is 2.26. The Morgan fingerprint density at radius 1 is 1.25 bits per heavy atom. The molecule has 0 spiro atoms. The number of aliphatic carboxylic acids is 1. The third kappa shape index (κ3) is 6.75. The number of amides is 2. The Labute approximate surface area is 121 Å². The lowest BCUT2D eigenvalue weighted by molar-refractivity contribution is -0.137. The van der Waals surface area contributed by atoms with Gasteiger partial charge in [0.2, 0.25) is 0 Å². The number of ether oxygens (including phenoxy) is 1. The molecule has 0 aliphatic heterocycles. The van der Waals surface area contributed by atoms with Crippen LogP contribution in [-0.2, 0) is 9.53 Å².